The van der Waals surface area contributed by atoms with Crippen molar-refractivity contribution in [2.75, 3.05) is 0 Å². The number of halogens is 3. The van der Waals surface area contributed by atoms with Crippen molar-refractivity contribution in [3.8, 4) is 5.75 Å². The lowest BCUT2D eigenvalue weighted by Crippen LogP contribution is -2.37. The minimum absolute atomic E-state index is 0.0415. The van der Waals surface area contributed by atoms with Crippen molar-refractivity contribution in [3.63, 3.8) is 0 Å². The smallest absolute Gasteiger partial charge is 0.405 e. The second-order valence-electron chi connectivity index (χ2n) is 5.62. The molecule has 0 aliphatic carbocycles. The summed E-state index contributed by atoms with van der Waals surface area (Å²) in [5.41, 5.74) is 0.538. The third-order valence-electron chi connectivity index (χ3n) is 3.10. The number of hydrogen-bond acceptors (Lipinski definition) is 2. The SMILES string of the molecule is CC(NCc1ccccc1OC(F)(F)F)C(C)(C)C. The van der Waals surface area contributed by atoms with Crippen LogP contribution in [0.2, 0.25) is 0 Å². The number of hydrogen-bond donors (Lipinski definition) is 1. The molecule has 0 spiro atoms. The molecule has 1 aromatic rings. The number of benzene rings is 1. The van der Waals surface area contributed by atoms with Crippen LogP contribution in [0.25, 0.3) is 0 Å². The third kappa shape index (κ3) is 5.51. The fourth-order valence-corrected chi connectivity index (χ4v) is 1.44. The van der Waals surface area contributed by atoms with Gasteiger partial charge in [-0.15, -0.1) is 13.2 Å². The first-order valence-corrected chi connectivity index (χ1v) is 6.16. The molecule has 108 valence electrons. The Kier molecular flexibility index (Phi) is 4.85. The van der Waals surface area contributed by atoms with Crippen molar-refractivity contribution in [3.05, 3.63) is 29.8 Å². The molecule has 1 atom stereocenters. The van der Waals surface area contributed by atoms with Gasteiger partial charge in [-0.05, 0) is 18.4 Å². The molecule has 0 saturated heterocycles. The first-order valence-electron chi connectivity index (χ1n) is 6.16. The quantitative estimate of drug-likeness (QED) is 0.893. The van der Waals surface area contributed by atoms with Crippen LogP contribution in [0, 0.1) is 5.41 Å². The monoisotopic (exact) mass is 275 g/mol. The van der Waals surface area contributed by atoms with E-state index < -0.39 is 6.36 Å². The molecule has 0 radical (unpaired) electrons. The van der Waals surface area contributed by atoms with Crippen LogP contribution in [-0.4, -0.2) is 12.4 Å². The lowest BCUT2D eigenvalue weighted by Gasteiger charge is -2.28. The number of nitrogens with one attached hydrogen (secondary N) is 1. The summed E-state index contributed by atoms with van der Waals surface area (Å²) in [6.45, 7) is 8.56. The summed E-state index contributed by atoms with van der Waals surface area (Å²) in [5.74, 6) is -0.149. The Morgan fingerprint density at radius 2 is 1.74 bits per heavy atom. The Balaban J connectivity index is 2.74. The molecule has 19 heavy (non-hydrogen) atoms. The predicted octanol–water partition coefficient (Wildman–Crippen LogP) is 4.11. The van der Waals surface area contributed by atoms with Crippen LogP contribution in [0.4, 0.5) is 13.2 Å². The summed E-state index contributed by atoms with van der Waals surface area (Å²) >= 11 is 0. The summed E-state index contributed by atoms with van der Waals surface area (Å²) in [4.78, 5) is 0. The molecule has 2 nitrogen and oxygen atoms in total. The van der Waals surface area contributed by atoms with E-state index in [-0.39, 0.29) is 17.2 Å². The Morgan fingerprint density at radius 1 is 1.16 bits per heavy atom. The van der Waals surface area contributed by atoms with E-state index in [1.54, 1.807) is 12.1 Å². The molecule has 1 N–H and O–H groups in total. The first kappa shape index (κ1) is 15.8. The van der Waals surface area contributed by atoms with E-state index in [1.165, 1.54) is 12.1 Å². The van der Waals surface area contributed by atoms with Gasteiger partial charge in [-0.3, -0.25) is 0 Å². The summed E-state index contributed by atoms with van der Waals surface area (Å²) in [6.07, 6.45) is -4.66. The van der Waals surface area contributed by atoms with Gasteiger partial charge in [0.05, 0.1) is 0 Å². The molecule has 0 saturated carbocycles. The second-order valence-corrected chi connectivity index (χ2v) is 5.62. The van der Waals surface area contributed by atoms with E-state index in [9.17, 15) is 13.2 Å². The Labute approximate surface area is 112 Å². The number of ether oxygens (including phenoxy) is 1. The molecule has 0 fully saturated rings. The molecule has 1 unspecified atom stereocenters. The van der Waals surface area contributed by atoms with Crippen LogP contribution in [0.1, 0.15) is 33.3 Å². The van der Waals surface area contributed by atoms with Gasteiger partial charge in [-0.25, -0.2) is 0 Å². The maximum Gasteiger partial charge on any atom is 0.573 e. The van der Waals surface area contributed by atoms with Crippen molar-refractivity contribution in [1.29, 1.82) is 0 Å². The van der Waals surface area contributed by atoms with E-state index in [2.05, 4.69) is 30.8 Å². The van der Waals surface area contributed by atoms with Gasteiger partial charge in [0.2, 0.25) is 0 Å². The van der Waals surface area contributed by atoms with Gasteiger partial charge in [0.1, 0.15) is 5.75 Å². The van der Waals surface area contributed by atoms with Gasteiger partial charge in [-0.1, -0.05) is 39.0 Å². The highest BCUT2D eigenvalue weighted by Crippen LogP contribution is 2.27. The van der Waals surface area contributed by atoms with Crippen LogP contribution in [0.15, 0.2) is 24.3 Å². The van der Waals surface area contributed by atoms with Crippen molar-refractivity contribution >= 4 is 0 Å². The second kappa shape index (κ2) is 5.82. The lowest BCUT2D eigenvalue weighted by molar-refractivity contribution is -0.274. The molecule has 0 bridgehead atoms. The maximum atomic E-state index is 12.3. The van der Waals surface area contributed by atoms with Gasteiger partial charge >= 0.3 is 6.36 Å². The zero-order chi connectivity index (χ0) is 14.7. The van der Waals surface area contributed by atoms with Crippen LogP contribution in [-0.2, 0) is 6.54 Å². The normalized spacial score (nSPS) is 14.3. The molecule has 0 aromatic heterocycles. The zero-order valence-corrected chi connectivity index (χ0v) is 11.6. The summed E-state index contributed by atoms with van der Waals surface area (Å²) in [6, 6.07) is 6.35. The minimum Gasteiger partial charge on any atom is -0.405 e. The lowest BCUT2D eigenvalue weighted by atomic mass is 9.88. The van der Waals surface area contributed by atoms with Crippen LogP contribution >= 0.6 is 0 Å². The summed E-state index contributed by atoms with van der Waals surface area (Å²) in [5, 5.41) is 3.22. The van der Waals surface area contributed by atoms with Gasteiger partial charge in [0.15, 0.2) is 0 Å². The summed E-state index contributed by atoms with van der Waals surface area (Å²) < 4.78 is 40.8. The fourth-order valence-electron chi connectivity index (χ4n) is 1.44. The van der Waals surface area contributed by atoms with Gasteiger partial charge in [0.25, 0.3) is 0 Å². The summed E-state index contributed by atoms with van der Waals surface area (Å²) in [7, 11) is 0. The first-order chi connectivity index (χ1) is 8.59. The molecule has 1 rings (SSSR count). The third-order valence-corrected chi connectivity index (χ3v) is 3.10. The highest BCUT2D eigenvalue weighted by Gasteiger charge is 2.32. The fraction of sp³-hybridized carbons (Fsp3) is 0.571. The molecule has 0 amide bonds. The maximum absolute atomic E-state index is 12.3. The largest absolute Gasteiger partial charge is 0.573 e. The minimum atomic E-state index is -4.66. The molecular weight excluding hydrogens is 255 g/mol. The molecule has 0 aliphatic heterocycles. The average Bonchev–Trinajstić information content (AvgIpc) is 2.24. The Bertz CT molecular complexity index is 410. The van der Waals surface area contributed by atoms with Gasteiger partial charge in [0, 0.05) is 18.2 Å². The van der Waals surface area contributed by atoms with E-state index in [0.717, 1.165) is 0 Å². The van der Waals surface area contributed by atoms with Gasteiger partial charge < -0.3 is 10.1 Å². The van der Waals surface area contributed by atoms with Crippen molar-refractivity contribution in [2.45, 2.75) is 46.6 Å². The van der Waals surface area contributed by atoms with Crippen molar-refractivity contribution < 1.29 is 17.9 Å². The molecule has 0 aliphatic rings. The molecule has 5 heteroatoms. The van der Waals surface area contributed by atoms with E-state index >= 15 is 0 Å². The highest BCUT2D eigenvalue weighted by atomic mass is 19.4. The highest BCUT2D eigenvalue weighted by molar-refractivity contribution is 5.33. The predicted molar refractivity (Wildman–Crippen MR) is 68.9 cm³/mol. The topological polar surface area (TPSA) is 21.3 Å². The van der Waals surface area contributed by atoms with Crippen molar-refractivity contribution in [1.82, 2.24) is 5.32 Å². The number of para-hydroxylation sites is 1. The Morgan fingerprint density at radius 3 is 2.26 bits per heavy atom. The van der Waals surface area contributed by atoms with Crippen LogP contribution < -0.4 is 10.1 Å². The standard InChI is InChI=1S/C14H20F3NO/c1-10(13(2,3)4)18-9-11-7-5-6-8-12(11)19-14(15,16)17/h5-8,10,18H,9H2,1-4H3. The van der Waals surface area contributed by atoms with Gasteiger partial charge in [-0.2, -0.15) is 0 Å². The van der Waals surface area contributed by atoms with E-state index in [0.29, 0.717) is 12.1 Å². The van der Waals surface area contributed by atoms with Crippen molar-refractivity contribution in [2.24, 2.45) is 5.41 Å². The zero-order valence-electron chi connectivity index (χ0n) is 11.6. The number of alkyl halides is 3. The number of rotatable bonds is 4. The average molecular weight is 275 g/mol. The van der Waals surface area contributed by atoms with Crippen LogP contribution in [0.3, 0.4) is 0 Å². The molecule has 0 heterocycles. The van der Waals surface area contributed by atoms with Crippen LogP contribution in [0.5, 0.6) is 5.75 Å². The molecule has 1 aromatic carbocycles. The van der Waals surface area contributed by atoms with E-state index in [4.69, 9.17) is 0 Å². The Hall–Kier alpha value is -1.23. The van der Waals surface area contributed by atoms with E-state index in [1.807, 2.05) is 6.92 Å². The molecular formula is C14H20F3NO.